The fourth-order valence-electron chi connectivity index (χ4n) is 5.68. The molecule has 3 aromatic carbocycles. The number of carbonyl (C=O) groups is 4. The van der Waals surface area contributed by atoms with Crippen LogP contribution in [0.2, 0.25) is 0 Å². The van der Waals surface area contributed by atoms with Gasteiger partial charge in [-0.1, -0.05) is 42.5 Å². The number of Topliss-reactive ketones (excluding diaryl/α,β-unsaturated/α-hetero) is 1. The highest BCUT2D eigenvalue weighted by Gasteiger charge is 2.59. The van der Waals surface area contributed by atoms with E-state index < -0.39 is 12.6 Å². The summed E-state index contributed by atoms with van der Waals surface area (Å²) in [5, 5.41) is 0. The maximum absolute atomic E-state index is 13.0. The summed E-state index contributed by atoms with van der Waals surface area (Å²) in [6, 6.07) is 22.6. The zero-order valence-corrected chi connectivity index (χ0v) is 20.5. The Bertz CT molecular complexity index is 1400. The first-order chi connectivity index (χ1) is 18.5. The molecule has 0 N–H and O–H groups in total. The molecular weight excluding hydrogens is 482 g/mol. The number of anilines is 1. The zero-order valence-electron chi connectivity index (χ0n) is 20.5. The quantitative estimate of drug-likeness (QED) is 0.191. The Hall–Kier alpha value is -4.52. The van der Waals surface area contributed by atoms with E-state index in [0.717, 1.165) is 12.0 Å². The molecule has 1 aliphatic heterocycles. The van der Waals surface area contributed by atoms with E-state index in [-0.39, 0.29) is 46.8 Å². The van der Waals surface area contributed by atoms with Gasteiger partial charge in [0.05, 0.1) is 23.1 Å². The molecule has 0 radical (unpaired) electrons. The number of carbonyl (C=O) groups excluding carboxylic acids is 4. The lowest BCUT2D eigenvalue weighted by atomic mass is 9.85. The average Bonchev–Trinajstić information content (AvgIpc) is 3.65. The van der Waals surface area contributed by atoms with Gasteiger partial charge in [0.2, 0.25) is 11.8 Å². The summed E-state index contributed by atoms with van der Waals surface area (Å²) in [4.78, 5) is 52.2. The van der Waals surface area contributed by atoms with Crippen LogP contribution >= 0.6 is 0 Å². The van der Waals surface area contributed by atoms with Gasteiger partial charge in [-0.05, 0) is 72.4 Å². The minimum Gasteiger partial charge on any atom is -0.489 e. The molecule has 7 nitrogen and oxygen atoms in total. The van der Waals surface area contributed by atoms with Gasteiger partial charge in [-0.3, -0.25) is 19.3 Å². The number of ether oxygens (including phenoxy) is 2. The van der Waals surface area contributed by atoms with Gasteiger partial charge in [0.15, 0.2) is 12.4 Å². The molecule has 7 heteroatoms. The normalized spacial score (nSPS) is 23.0. The molecule has 2 aliphatic carbocycles. The molecule has 190 valence electrons. The van der Waals surface area contributed by atoms with Crippen molar-refractivity contribution in [2.75, 3.05) is 11.5 Å². The standard InChI is InChI=1S/C31H25NO6/c33-26(20-10-14-25(15-11-20)37-17-19-4-2-1-3-5-19)18-38-31(36)21-8-12-24(13-9-21)32-29(34)27-22-6-7-23(16-22)28(27)30(32)35/h1-15,22-23,27-28H,16-18H2/t22-,23-,27-,28+/m0/s1. The van der Waals surface area contributed by atoms with Crippen molar-refractivity contribution < 1.29 is 28.7 Å². The van der Waals surface area contributed by atoms with E-state index in [0.29, 0.717) is 23.6 Å². The number of fused-ring (bicyclic) bond motifs is 5. The number of allylic oxidation sites excluding steroid dienone is 2. The summed E-state index contributed by atoms with van der Waals surface area (Å²) in [7, 11) is 0. The van der Waals surface area contributed by atoms with Crippen molar-refractivity contribution in [1.29, 1.82) is 0 Å². The van der Waals surface area contributed by atoms with Crippen LogP contribution in [0.25, 0.3) is 0 Å². The minimum absolute atomic E-state index is 0.135. The molecular formula is C31H25NO6. The number of ketones is 1. The van der Waals surface area contributed by atoms with Crippen LogP contribution in [-0.4, -0.2) is 30.2 Å². The van der Waals surface area contributed by atoms with E-state index in [4.69, 9.17) is 9.47 Å². The van der Waals surface area contributed by atoms with E-state index in [9.17, 15) is 19.2 Å². The zero-order chi connectivity index (χ0) is 26.2. The number of benzene rings is 3. The van der Waals surface area contributed by atoms with Gasteiger partial charge in [0, 0.05) is 5.56 Å². The molecule has 3 aromatic rings. The van der Waals surface area contributed by atoms with Crippen LogP contribution in [0.15, 0.2) is 91.0 Å². The Balaban J connectivity index is 1.03. The molecule has 6 rings (SSSR count). The lowest BCUT2D eigenvalue weighted by molar-refractivity contribution is -0.123. The van der Waals surface area contributed by atoms with E-state index >= 15 is 0 Å². The molecule has 38 heavy (non-hydrogen) atoms. The first-order valence-corrected chi connectivity index (χ1v) is 12.6. The third-order valence-corrected chi connectivity index (χ3v) is 7.59. The third-order valence-electron chi connectivity index (χ3n) is 7.59. The molecule has 1 saturated carbocycles. The summed E-state index contributed by atoms with van der Waals surface area (Å²) in [6.45, 7) is 0.0110. The Morgan fingerprint density at radius 2 is 1.37 bits per heavy atom. The van der Waals surface area contributed by atoms with Gasteiger partial charge in [0.1, 0.15) is 12.4 Å². The fraction of sp³-hybridized carbons (Fsp3) is 0.226. The van der Waals surface area contributed by atoms with Crippen LogP contribution in [0.1, 0.15) is 32.7 Å². The van der Waals surface area contributed by atoms with Crippen LogP contribution in [0.4, 0.5) is 5.69 Å². The summed E-state index contributed by atoms with van der Waals surface area (Å²) in [6.07, 6.45) is 4.97. The second kappa shape index (κ2) is 9.74. The first-order valence-electron chi connectivity index (χ1n) is 12.6. The van der Waals surface area contributed by atoms with E-state index in [1.165, 1.54) is 17.0 Å². The summed E-state index contributed by atoms with van der Waals surface area (Å²) >= 11 is 0. The van der Waals surface area contributed by atoms with Gasteiger partial charge in [-0.2, -0.15) is 0 Å². The highest BCUT2D eigenvalue weighted by Crippen LogP contribution is 2.53. The van der Waals surface area contributed by atoms with Crippen LogP contribution in [0.5, 0.6) is 5.75 Å². The van der Waals surface area contributed by atoms with Crippen molar-refractivity contribution in [3.05, 3.63) is 108 Å². The molecule has 1 saturated heterocycles. The number of nitrogens with zero attached hydrogens (tertiary/aromatic N) is 1. The average molecular weight is 508 g/mol. The van der Waals surface area contributed by atoms with Crippen LogP contribution in [-0.2, 0) is 20.9 Å². The number of hydrogen-bond acceptors (Lipinski definition) is 6. The number of esters is 1. The number of amides is 2. The van der Waals surface area contributed by atoms with Crippen molar-refractivity contribution >= 4 is 29.3 Å². The Morgan fingerprint density at radius 3 is 2.00 bits per heavy atom. The molecule has 2 bridgehead atoms. The lowest BCUT2D eigenvalue weighted by Crippen LogP contribution is -2.32. The highest BCUT2D eigenvalue weighted by atomic mass is 16.5. The monoisotopic (exact) mass is 507 g/mol. The Morgan fingerprint density at radius 1 is 0.763 bits per heavy atom. The van der Waals surface area contributed by atoms with Crippen LogP contribution in [0, 0.1) is 23.7 Å². The first kappa shape index (κ1) is 23.9. The number of rotatable bonds is 8. The van der Waals surface area contributed by atoms with Gasteiger partial charge in [0.25, 0.3) is 0 Å². The molecule has 0 spiro atoms. The molecule has 1 heterocycles. The van der Waals surface area contributed by atoms with Crippen molar-refractivity contribution in [2.24, 2.45) is 23.7 Å². The summed E-state index contributed by atoms with van der Waals surface area (Å²) in [5.74, 6) is -1.00. The van der Waals surface area contributed by atoms with Crippen molar-refractivity contribution in [2.45, 2.75) is 13.0 Å². The van der Waals surface area contributed by atoms with Crippen molar-refractivity contribution in [3.8, 4) is 5.75 Å². The number of imide groups is 1. The third kappa shape index (κ3) is 4.30. The topological polar surface area (TPSA) is 90.0 Å². The van der Waals surface area contributed by atoms with E-state index in [1.54, 1.807) is 36.4 Å². The van der Waals surface area contributed by atoms with Gasteiger partial charge < -0.3 is 9.47 Å². The van der Waals surface area contributed by atoms with Gasteiger partial charge >= 0.3 is 5.97 Å². The van der Waals surface area contributed by atoms with Gasteiger partial charge in [-0.25, -0.2) is 4.79 Å². The largest absolute Gasteiger partial charge is 0.489 e. The maximum Gasteiger partial charge on any atom is 0.338 e. The van der Waals surface area contributed by atoms with E-state index in [2.05, 4.69) is 12.2 Å². The molecule has 2 amide bonds. The van der Waals surface area contributed by atoms with Crippen molar-refractivity contribution in [3.63, 3.8) is 0 Å². The molecule has 0 aromatic heterocycles. The smallest absolute Gasteiger partial charge is 0.338 e. The highest BCUT2D eigenvalue weighted by molar-refractivity contribution is 6.22. The van der Waals surface area contributed by atoms with Crippen LogP contribution in [0.3, 0.4) is 0 Å². The Labute approximate surface area is 219 Å². The number of hydrogen-bond donors (Lipinski definition) is 0. The predicted molar refractivity (Wildman–Crippen MR) is 138 cm³/mol. The predicted octanol–water partition coefficient (Wildman–Crippen LogP) is 4.62. The second-order valence-electron chi connectivity index (χ2n) is 9.86. The molecule has 3 aliphatic rings. The SMILES string of the molecule is O=C(COC(=O)c1ccc(N2C(=O)[C@@H]3[C@H](C2=O)[C@H]2C=C[C@H]3C2)cc1)c1ccc(OCc2ccccc2)cc1. The summed E-state index contributed by atoms with van der Waals surface area (Å²) in [5.41, 5.74) is 2.11. The fourth-order valence-corrected chi connectivity index (χ4v) is 5.68. The lowest BCUT2D eigenvalue weighted by Gasteiger charge is -2.17. The van der Waals surface area contributed by atoms with Gasteiger partial charge in [-0.15, -0.1) is 0 Å². The second-order valence-corrected chi connectivity index (χ2v) is 9.86. The minimum atomic E-state index is -0.661. The molecule has 2 fully saturated rings. The van der Waals surface area contributed by atoms with Crippen molar-refractivity contribution in [1.82, 2.24) is 0 Å². The molecule has 4 atom stereocenters. The van der Waals surface area contributed by atoms with Crippen LogP contribution < -0.4 is 9.64 Å². The summed E-state index contributed by atoms with van der Waals surface area (Å²) < 4.78 is 10.9. The molecule has 0 unspecified atom stereocenters. The van der Waals surface area contributed by atoms with E-state index in [1.807, 2.05) is 30.3 Å². The Kier molecular flexibility index (Phi) is 6.12. The maximum atomic E-state index is 13.0.